The van der Waals surface area contributed by atoms with Gasteiger partial charge >= 0.3 is 0 Å². The zero-order chi connectivity index (χ0) is 28.9. The van der Waals surface area contributed by atoms with Crippen LogP contribution in [0.5, 0.6) is 5.75 Å². The number of ether oxygens (including phenoxy) is 3. The zero-order valence-electron chi connectivity index (χ0n) is 23.7. The van der Waals surface area contributed by atoms with E-state index >= 15 is 0 Å². The Balaban J connectivity index is 1.60. The van der Waals surface area contributed by atoms with Crippen molar-refractivity contribution in [2.75, 3.05) is 46.6 Å². The van der Waals surface area contributed by atoms with Gasteiger partial charge in [-0.05, 0) is 43.9 Å². The number of ketones is 1. The summed E-state index contributed by atoms with van der Waals surface area (Å²) in [5, 5.41) is 5.61. The molecule has 4 atom stereocenters. The molecule has 0 radical (unpaired) electrons. The molecule has 11 heteroatoms. The SMILES string of the molecule is COc1ccc(CC(NC(=O)[C@H](C)NC(=O)CN2CCOCC2)(C(N)=O)[C@H](CC2CCC2)C(=O)[C@@]2(C)CO2)cc1. The van der Waals surface area contributed by atoms with Gasteiger partial charge in [-0.3, -0.25) is 24.1 Å². The molecule has 4 rings (SSSR count). The number of Topliss-reactive ketones (excluding diaryl/α,β-unsaturated/α-hetero) is 1. The predicted molar refractivity (Wildman–Crippen MR) is 146 cm³/mol. The van der Waals surface area contributed by atoms with E-state index in [1.165, 1.54) is 0 Å². The number of methoxy groups -OCH3 is 1. The van der Waals surface area contributed by atoms with Crippen LogP contribution in [0.2, 0.25) is 0 Å². The molecule has 1 aliphatic carbocycles. The van der Waals surface area contributed by atoms with E-state index in [4.69, 9.17) is 19.9 Å². The highest BCUT2D eigenvalue weighted by atomic mass is 16.6. The number of hydrogen-bond donors (Lipinski definition) is 3. The molecule has 1 aromatic rings. The molecular weight excluding hydrogens is 516 g/mol. The first-order chi connectivity index (χ1) is 19.1. The molecule has 220 valence electrons. The second-order valence-electron chi connectivity index (χ2n) is 11.5. The lowest BCUT2D eigenvalue weighted by Crippen LogP contribution is -2.68. The summed E-state index contributed by atoms with van der Waals surface area (Å²) < 4.78 is 16.1. The summed E-state index contributed by atoms with van der Waals surface area (Å²) in [5.41, 5.74) is 4.07. The van der Waals surface area contributed by atoms with Crippen LogP contribution in [0.25, 0.3) is 0 Å². The van der Waals surface area contributed by atoms with Gasteiger partial charge in [0.15, 0.2) is 5.78 Å². The molecule has 40 heavy (non-hydrogen) atoms. The molecule has 0 aromatic heterocycles. The number of primary amides is 1. The second-order valence-corrected chi connectivity index (χ2v) is 11.5. The standard InChI is InChI=1S/C29H42N4O7/c1-19(31-24(34)17-33-11-13-39-14-12-33)26(36)32-29(27(30)37,16-21-7-9-22(38-3)10-8-21)23(15-20-5-4-6-20)25(35)28(2)18-40-28/h7-10,19-20,23H,4-6,11-18H2,1-3H3,(H2,30,37)(H,31,34)(H,32,36)/t19-,23+,28+,29?/m0/s1. The van der Waals surface area contributed by atoms with Crippen molar-refractivity contribution >= 4 is 23.5 Å². The molecule has 1 aromatic carbocycles. The Hall–Kier alpha value is -3.02. The Morgan fingerprint density at radius 2 is 1.82 bits per heavy atom. The summed E-state index contributed by atoms with van der Waals surface area (Å²) in [6.07, 6.45) is 3.36. The van der Waals surface area contributed by atoms with Crippen molar-refractivity contribution in [2.45, 2.75) is 63.1 Å². The number of rotatable bonds is 14. The van der Waals surface area contributed by atoms with Crippen LogP contribution in [0.4, 0.5) is 0 Å². The van der Waals surface area contributed by atoms with E-state index in [2.05, 4.69) is 10.6 Å². The van der Waals surface area contributed by atoms with Gasteiger partial charge in [0.2, 0.25) is 17.7 Å². The van der Waals surface area contributed by atoms with E-state index in [0.29, 0.717) is 44.0 Å². The van der Waals surface area contributed by atoms with Crippen LogP contribution >= 0.6 is 0 Å². The quantitative estimate of drug-likeness (QED) is 0.281. The summed E-state index contributed by atoms with van der Waals surface area (Å²) in [7, 11) is 1.56. The van der Waals surface area contributed by atoms with Gasteiger partial charge in [0.1, 0.15) is 22.9 Å². The molecule has 3 amide bonds. The third kappa shape index (κ3) is 7.00. The maximum absolute atomic E-state index is 13.9. The molecule has 0 spiro atoms. The number of epoxide rings is 1. The number of morpholine rings is 1. The minimum Gasteiger partial charge on any atom is -0.497 e. The van der Waals surface area contributed by atoms with Crippen molar-refractivity contribution in [3.63, 3.8) is 0 Å². The molecule has 2 heterocycles. The highest BCUT2D eigenvalue weighted by molar-refractivity contribution is 6.01. The van der Waals surface area contributed by atoms with Crippen LogP contribution < -0.4 is 21.1 Å². The fourth-order valence-electron chi connectivity index (χ4n) is 5.50. The van der Waals surface area contributed by atoms with Gasteiger partial charge in [0.05, 0.1) is 39.4 Å². The number of nitrogens with two attached hydrogens (primary N) is 1. The maximum atomic E-state index is 13.9. The smallest absolute Gasteiger partial charge is 0.244 e. The van der Waals surface area contributed by atoms with E-state index < -0.39 is 34.9 Å². The lowest BCUT2D eigenvalue weighted by molar-refractivity contribution is -0.143. The van der Waals surface area contributed by atoms with Gasteiger partial charge in [0, 0.05) is 19.5 Å². The van der Waals surface area contributed by atoms with E-state index in [1.807, 2.05) is 4.90 Å². The van der Waals surface area contributed by atoms with Gasteiger partial charge in [-0.15, -0.1) is 0 Å². The molecule has 3 aliphatic rings. The highest BCUT2D eigenvalue weighted by Crippen LogP contribution is 2.42. The summed E-state index contributed by atoms with van der Waals surface area (Å²) in [6, 6.07) is 6.12. The lowest BCUT2D eigenvalue weighted by atomic mass is 9.66. The Labute approximate surface area is 235 Å². The Bertz CT molecular complexity index is 1080. The third-order valence-electron chi connectivity index (χ3n) is 8.47. The number of nitrogens with zero attached hydrogens (tertiary/aromatic N) is 1. The van der Waals surface area contributed by atoms with E-state index in [0.717, 1.165) is 19.3 Å². The minimum absolute atomic E-state index is 0.00567. The van der Waals surface area contributed by atoms with Crippen LogP contribution in [-0.4, -0.2) is 92.2 Å². The number of benzene rings is 1. The van der Waals surface area contributed by atoms with Crippen LogP contribution in [-0.2, 0) is 35.1 Å². The first-order valence-electron chi connectivity index (χ1n) is 14.1. The topological polar surface area (TPSA) is 153 Å². The third-order valence-corrected chi connectivity index (χ3v) is 8.47. The molecule has 2 saturated heterocycles. The van der Waals surface area contributed by atoms with Crippen LogP contribution in [0.1, 0.15) is 45.1 Å². The average molecular weight is 559 g/mol. The molecule has 3 fully saturated rings. The number of amides is 3. The fourth-order valence-corrected chi connectivity index (χ4v) is 5.50. The van der Waals surface area contributed by atoms with Crippen LogP contribution in [0.15, 0.2) is 24.3 Å². The van der Waals surface area contributed by atoms with E-state index in [-0.39, 0.29) is 37.2 Å². The van der Waals surface area contributed by atoms with Gasteiger partial charge in [-0.25, -0.2) is 0 Å². The summed E-state index contributed by atoms with van der Waals surface area (Å²) in [6.45, 7) is 6.01. The zero-order valence-corrected chi connectivity index (χ0v) is 23.7. The van der Waals surface area contributed by atoms with Crippen molar-refractivity contribution in [3.05, 3.63) is 29.8 Å². The van der Waals surface area contributed by atoms with Crippen molar-refractivity contribution in [2.24, 2.45) is 17.6 Å². The molecular formula is C29H42N4O7. The van der Waals surface area contributed by atoms with E-state index in [1.54, 1.807) is 45.2 Å². The van der Waals surface area contributed by atoms with Crippen molar-refractivity contribution in [3.8, 4) is 5.75 Å². The molecule has 2 aliphatic heterocycles. The van der Waals surface area contributed by atoms with Crippen molar-refractivity contribution in [1.29, 1.82) is 0 Å². The van der Waals surface area contributed by atoms with Gasteiger partial charge < -0.3 is 30.6 Å². The molecule has 1 saturated carbocycles. The highest BCUT2D eigenvalue weighted by Gasteiger charge is 2.58. The lowest BCUT2D eigenvalue weighted by Gasteiger charge is -2.42. The van der Waals surface area contributed by atoms with Crippen LogP contribution in [0.3, 0.4) is 0 Å². The van der Waals surface area contributed by atoms with E-state index in [9.17, 15) is 19.2 Å². The fraction of sp³-hybridized carbons (Fsp3) is 0.655. The summed E-state index contributed by atoms with van der Waals surface area (Å²) in [4.78, 5) is 55.6. The normalized spacial score (nSPS) is 24.1. The van der Waals surface area contributed by atoms with Crippen molar-refractivity contribution < 1.29 is 33.4 Å². The second kappa shape index (κ2) is 12.7. The number of hydrogen-bond acceptors (Lipinski definition) is 8. The largest absolute Gasteiger partial charge is 0.497 e. The maximum Gasteiger partial charge on any atom is 0.244 e. The number of carbonyl (C=O) groups is 4. The molecule has 11 nitrogen and oxygen atoms in total. The minimum atomic E-state index is -1.73. The first-order valence-corrected chi connectivity index (χ1v) is 14.1. The van der Waals surface area contributed by atoms with Gasteiger partial charge in [0.25, 0.3) is 0 Å². The van der Waals surface area contributed by atoms with Crippen LogP contribution in [0, 0.1) is 11.8 Å². The van der Waals surface area contributed by atoms with Gasteiger partial charge in [-0.2, -0.15) is 0 Å². The Kier molecular flexibility index (Phi) is 9.48. The predicted octanol–water partition coefficient (Wildman–Crippen LogP) is 0.579. The Morgan fingerprint density at radius 1 is 1.18 bits per heavy atom. The van der Waals surface area contributed by atoms with Crippen molar-refractivity contribution in [1.82, 2.24) is 15.5 Å². The number of carbonyl (C=O) groups excluding carboxylic acids is 4. The summed E-state index contributed by atoms with van der Waals surface area (Å²) in [5.74, 6) is -1.96. The first kappa shape index (κ1) is 30.0. The monoisotopic (exact) mass is 558 g/mol. The number of nitrogens with one attached hydrogen (secondary N) is 2. The molecule has 4 N–H and O–H groups in total. The molecule has 0 bridgehead atoms. The average Bonchev–Trinajstić information content (AvgIpc) is 3.66. The molecule has 1 unspecified atom stereocenters. The van der Waals surface area contributed by atoms with Gasteiger partial charge in [-0.1, -0.05) is 31.4 Å². The summed E-state index contributed by atoms with van der Waals surface area (Å²) >= 11 is 0. The Morgan fingerprint density at radius 3 is 2.35 bits per heavy atom.